The number of hydrogen-bond donors (Lipinski definition) is 1. The lowest BCUT2D eigenvalue weighted by atomic mass is 10.3. The molecule has 0 aliphatic carbocycles. The molecule has 0 bridgehead atoms. The lowest BCUT2D eigenvalue weighted by Crippen LogP contribution is -1.96. The number of nitrogens with zero attached hydrogens (tertiary/aromatic N) is 1. The Bertz CT molecular complexity index is 291. The Morgan fingerprint density at radius 3 is 3.00 bits per heavy atom. The van der Waals surface area contributed by atoms with E-state index in [1.54, 1.807) is 18.9 Å². The van der Waals surface area contributed by atoms with Crippen LogP contribution in [0.1, 0.15) is 12.1 Å². The summed E-state index contributed by atoms with van der Waals surface area (Å²) in [5.74, 6) is 0.995. The Morgan fingerprint density at radius 2 is 2.29 bits per heavy atom. The van der Waals surface area contributed by atoms with Gasteiger partial charge in [-0.3, -0.25) is 0 Å². The van der Waals surface area contributed by atoms with Crippen molar-refractivity contribution in [3.8, 4) is 0 Å². The summed E-state index contributed by atoms with van der Waals surface area (Å²) in [4.78, 5) is 4.37. The molecule has 0 aliphatic heterocycles. The van der Waals surface area contributed by atoms with Crippen molar-refractivity contribution in [3.63, 3.8) is 0 Å². The summed E-state index contributed by atoms with van der Waals surface area (Å²) in [7, 11) is 1.71. The van der Waals surface area contributed by atoms with Gasteiger partial charge in [-0.15, -0.1) is 11.8 Å². The molecular weight excluding hydrogens is 196 g/mol. The zero-order valence-electron chi connectivity index (χ0n) is 8.62. The molecule has 1 rings (SSSR count). The third-order valence-electron chi connectivity index (χ3n) is 1.76. The lowest BCUT2D eigenvalue weighted by Gasteiger charge is -2.04. The largest absolute Gasteiger partial charge is 0.397 e. The number of anilines is 1. The van der Waals surface area contributed by atoms with Crippen LogP contribution in [0.4, 0.5) is 5.69 Å². The molecule has 0 fully saturated rings. The summed E-state index contributed by atoms with van der Waals surface area (Å²) >= 11 is 1.69. The van der Waals surface area contributed by atoms with Crippen LogP contribution in [-0.4, -0.2) is 24.5 Å². The molecule has 1 aromatic heterocycles. The third kappa shape index (κ3) is 3.55. The van der Waals surface area contributed by atoms with Crippen molar-refractivity contribution in [1.29, 1.82) is 0 Å². The molecule has 0 radical (unpaired) electrons. The molecule has 0 spiro atoms. The van der Waals surface area contributed by atoms with E-state index in [1.807, 2.05) is 19.1 Å². The molecule has 0 atom stereocenters. The van der Waals surface area contributed by atoms with Crippen LogP contribution in [0.2, 0.25) is 0 Å². The monoisotopic (exact) mass is 212 g/mol. The standard InChI is InChI=1S/C10H16N2OS/c1-8-4-5-9(11)10(12-8)14-7-3-6-13-2/h4-5H,3,6-7,11H2,1-2H3. The van der Waals surface area contributed by atoms with Gasteiger partial charge in [0.2, 0.25) is 0 Å². The quantitative estimate of drug-likeness (QED) is 0.600. The molecule has 4 heteroatoms. The number of thioether (sulfide) groups is 1. The number of nitrogens with two attached hydrogens (primary N) is 1. The summed E-state index contributed by atoms with van der Waals surface area (Å²) in [5, 5.41) is 0.932. The van der Waals surface area contributed by atoms with Crippen molar-refractivity contribution in [1.82, 2.24) is 4.98 Å². The molecule has 0 saturated heterocycles. The van der Waals surface area contributed by atoms with Crippen molar-refractivity contribution < 1.29 is 4.74 Å². The Hall–Kier alpha value is -0.740. The summed E-state index contributed by atoms with van der Waals surface area (Å²) in [6.45, 7) is 2.76. The SMILES string of the molecule is COCCCSc1nc(C)ccc1N. The van der Waals surface area contributed by atoms with Gasteiger partial charge in [0.25, 0.3) is 0 Å². The maximum Gasteiger partial charge on any atom is 0.119 e. The minimum absolute atomic E-state index is 0.762. The Balaban J connectivity index is 2.45. The second kappa shape index (κ2) is 5.88. The molecule has 0 aromatic carbocycles. The predicted octanol–water partition coefficient (Wildman–Crippen LogP) is 2.10. The first-order valence-electron chi connectivity index (χ1n) is 4.59. The fourth-order valence-electron chi connectivity index (χ4n) is 1.03. The van der Waals surface area contributed by atoms with Gasteiger partial charge in [0.15, 0.2) is 0 Å². The van der Waals surface area contributed by atoms with Crippen molar-refractivity contribution in [3.05, 3.63) is 17.8 Å². The number of nitrogen functional groups attached to an aromatic ring is 1. The molecule has 0 unspecified atom stereocenters. The first-order chi connectivity index (χ1) is 6.74. The molecule has 0 saturated carbocycles. The fraction of sp³-hybridized carbons (Fsp3) is 0.500. The number of aromatic nitrogens is 1. The number of aryl methyl sites for hydroxylation is 1. The van der Waals surface area contributed by atoms with Crippen LogP contribution in [0.25, 0.3) is 0 Å². The van der Waals surface area contributed by atoms with Gasteiger partial charge in [0.05, 0.1) is 5.69 Å². The summed E-state index contributed by atoms with van der Waals surface area (Å²) < 4.78 is 4.97. The number of hydrogen-bond acceptors (Lipinski definition) is 4. The molecule has 0 amide bonds. The molecule has 2 N–H and O–H groups in total. The van der Waals surface area contributed by atoms with Gasteiger partial charge in [-0.2, -0.15) is 0 Å². The predicted molar refractivity (Wildman–Crippen MR) is 60.6 cm³/mol. The zero-order valence-corrected chi connectivity index (χ0v) is 9.43. The van der Waals surface area contributed by atoms with E-state index in [2.05, 4.69) is 4.98 Å². The van der Waals surface area contributed by atoms with Crippen LogP contribution in [0, 0.1) is 6.92 Å². The van der Waals surface area contributed by atoms with E-state index in [1.165, 1.54) is 0 Å². The van der Waals surface area contributed by atoms with E-state index < -0.39 is 0 Å². The first-order valence-corrected chi connectivity index (χ1v) is 5.57. The molecule has 3 nitrogen and oxygen atoms in total. The highest BCUT2D eigenvalue weighted by molar-refractivity contribution is 7.99. The van der Waals surface area contributed by atoms with Crippen molar-refractivity contribution in [2.45, 2.75) is 18.4 Å². The van der Waals surface area contributed by atoms with Gasteiger partial charge in [-0.1, -0.05) is 0 Å². The minimum atomic E-state index is 0.762. The minimum Gasteiger partial charge on any atom is -0.397 e. The van der Waals surface area contributed by atoms with Crippen molar-refractivity contribution >= 4 is 17.4 Å². The van der Waals surface area contributed by atoms with Crippen molar-refractivity contribution in [2.24, 2.45) is 0 Å². The van der Waals surface area contributed by atoms with E-state index in [-0.39, 0.29) is 0 Å². The number of ether oxygens (including phenoxy) is 1. The van der Waals surface area contributed by atoms with Crippen LogP contribution >= 0.6 is 11.8 Å². The molecule has 1 aromatic rings. The van der Waals surface area contributed by atoms with Gasteiger partial charge in [0.1, 0.15) is 5.03 Å². The van der Waals surface area contributed by atoms with Crippen LogP contribution in [0.3, 0.4) is 0 Å². The number of pyridine rings is 1. The van der Waals surface area contributed by atoms with Crippen LogP contribution in [0.5, 0.6) is 0 Å². The summed E-state index contributed by atoms with van der Waals surface area (Å²) in [6, 6.07) is 3.83. The van der Waals surface area contributed by atoms with Gasteiger partial charge in [-0.05, 0) is 25.5 Å². The first kappa shape index (κ1) is 11.3. The van der Waals surface area contributed by atoms with E-state index in [4.69, 9.17) is 10.5 Å². The second-order valence-electron chi connectivity index (χ2n) is 3.04. The number of methoxy groups -OCH3 is 1. The maximum atomic E-state index is 5.79. The van der Waals surface area contributed by atoms with E-state index in [0.29, 0.717) is 0 Å². The highest BCUT2D eigenvalue weighted by atomic mass is 32.2. The molecule has 14 heavy (non-hydrogen) atoms. The van der Waals surface area contributed by atoms with E-state index in [0.717, 1.165) is 35.2 Å². The molecule has 0 aliphatic rings. The molecule has 78 valence electrons. The Labute approximate surface area is 89.1 Å². The van der Waals surface area contributed by atoms with Gasteiger partial charge in [-0.25, -0.2) is 4.98 Å². The van der Waals surface area contributed by atoms with E-state index >= 15 is 0 Å². The van der Waals surface area contributed by atoms with Crippen LogP contribution in [-0.2, 0) is 4.74 Å². The van der Waals surface area contributed by atoms with Crippen LogP contribution < -0.4 is 5.73 Å². The van der Waals surface area contributed by atoms with Crippen LogP contribution in [0.15, 0.2) is 17.2 Å². The van der Waals surface area contributed by atoms with E-state index in [9.17, 15) is 0 Å². The average molecular weight is 212 g/mol. The van der Waals surface area contributed by atoms with Gasteiger partial charge in [0, 0.05) is 25.2 Å². The summed E-state index contributed by atoms with van der Waals surface area (Å²) in [6.07, 6.45) is 1.02. The maximum absolute atomic E-state index is 5.79. The lowest BCUT2D eigenvalue weighted by molar-refractivity contribution is 0.200. The highest BCUT2D eigenvalue weighted by Crippen LogP contribution is 2.23. The average Bonchev–Trinajstić information content (AvgIpc) is 2.18. The fourth-order valence-corrected chi connectivity index (χ4v) is 1.93. The smallest absolute Gasteiger partial charge is 0.119 e. The normalized spacial score (nSPS) is 10.4. The van der Waals surface area contributed by atoms with Gasteiger partial charge < -0.3 is 10.5 Å². The molecule has 1 heterocycles. The van der Waals surface area contributed by atoms with Crippen molar-refractivity contribution in [2.75, 3.05) is 25.2 Å². The second-order valence-corrected chi connectivity index (χ2v) is 4.13. The Kier molecular flexibility index (Phi) is 4.76. The Morgan fingerprint density at radius 1 is 1.50 bits per heavy atom. The zero-order chi connectivity index (χ0) is 10.4. The summed E-state index contributed by atoms with van der Waals surface area (Å²) in [5.41, 5.74) is 7.56. The third-order valence-corrected chi connectivity index (χ3v) is 2.85. The highest BCUT2D eigenvalue weighted by Gasteiger charge is 2.01. The topological polar surface area (TPSA) is 48.1 Å². The number of rotatable bonds is 5. The van der Waals surface area contributed by atoms with Gasteiger partial charge >= 0.3 is 0 Å². The molecular formula is C10H16N2OS.